The van der Waals surface area contributed by atoms with E-state index in [1.807, 2.05) is 30.3 Å². The summed E-state index contributed by atoms with van der Waals surface area (Å²) in [4.78, 5) is 49.8. The van der Waals surface area contributed by atoms with Crippen molar-refractivity contribution in [3.05, 3.63) is 113 Å². The highest BCUT2D eigenvalue weighted by atomic mass is 16.5. The van der Waals surface area contributed by atoms with E-state index in [1.165, 1.54) is 0 Å². The highest BCUT2D eigenvalue weighted by Gasteiger charge is 2.21. The third-order valence-corrected chi connectivity index (χ3v) is 7.13. The molecular formula is C34H34N2O6. The number of ketones is 2. The smallest absolute Gasteiger partial charge is 0.328 e. The second kappa shape index (κ2) is 14.3. The molecule has 8 heteroatoms. The van der Waals surface area contributed by atoms with Gasteiger partial charge in [0.05, 0.1) is 0 Å². The molecule has 0 saturated heterocycles. The monoisotopic (exact) mass is 566 g/mol. The minimum atomic E-state index is -1.13. The quantitative estimate of drug-likeness (QED) is 0.0845. The molecule has 0 radical (unpaired) electrons. The van der Waals surface area contributed by atoms with Crippen molar-refractivity contribution < 1.29 is 29.0 Å². The van der Waals surface area contributed by atoms with Crippen LogP contribution in [-0.4, -0.2) is 40.7 Å². The Balaban J connectivity index is 1.30. The van der Waals surface area contributed by atoms with Crippen LogP contribution < -0.4 is 16.2 Å². The Kier molecular flexibility index (Phi) is 10.3. The standard InChI is InChI=1S/C34H34N2O6/c35-29(33(39)40)20-24-11-3-5-13-27(24)31(37)15-7-8-16-32(38)28-14-6-4-12-25(28)21-30(36)34(41)42-26-18-17-22-9-1-2-10-23(22)19-26/h1-6,9-14,17-19,29-30H,7-8,15-16,20-21,35-36H2,(H,39,40). The predicted molar refractivity (Wildman–Crippen MR) is 161 cm³/mol. The molecule has 4 rings (SSSR count). The van der Waals surface area contributed by atoms with Crippen LogP contribution in [0.2, 0.25) is 0 Å². The number of Topliss-reactive ketones (excluding diaryl/α,β-unsaturated/α-hetero) is 2. The number of fused-ring (bicyclic) bond motifs is 1. The van der Waals surface area contributed by atoms with E-state index in [9.17, 15) is 19.2 Å². The molecule has 8 nitrogen and oxygen atoms in total. The van der Waals surface area contributed by atoms with Crippen LogP contribution in [0, 0.1) is 0 Å². The van der Waals surface area contributed by atoms with E-state index in [2.05, 4.69) is 0 Å². The van der Waals surface area contributed by atoms with E-state index in [1.54, 1.807) is 60.7 Å². The number of rotatable bonds is 14. The van der Waals surface area contributed by atoms with Crippen LogP contribution in [-0.2, 0) is 22.4 Å². The molecule has 0 aromatic heterocycles. The summed E-state index contributed by atoms with van der Waals surface area (Å²) >= 11 is 0. The molecule has 0 spiro atoms. The zero-order valence-electron chi connectivity index (χ0n) is 23.2. The molecule has 4 aromatic carbocycles. The lowest BCUT2D eigenvalue weighted by molar-refractivity contribution is -0.138. The Morgan fingerprint density at radius 2 is 1.14 bits per heavy atom. The average molecular weight is 567 g/mol. The van der Waals surface area contributed by atoms with Gasteiger partial charge < -0.3 is 21.3 Å². The molecule has 4 aromatic rings. The maximum atomic E-state index is 13.1. The van der Waals surface area contributed by atoms with E-state index < -0.39 is 24.0 Å². The molecule has 5 N–H and O–H groups in total. The lowest BCUT2D eigenvalue weighted by atomic mass is 9.93. The molecule has 0 aliphatic rings. The van der Waals surface area contributed by atoms with Gasteiger partial charge in [-0.2, -0.15) is 0 Å². The third kappa shape index (κ3) is 7.96. The van der Waals surface area contributed by atoms with Crippen LogP contribution >= 0.6 is 0 Å². The van der Waals surface area contributed by atoms with Crippen molar-refractivity contribution in [2.75, 3.05) is 0 Å². The molecule has 0 saturated carbocycles. The topological polar surface area (TPSA) is 150 Å². The van der Waals surface area contributed by atoms with Crippen LogP contribution in [0.25, 0.3) is 10.8 Å². The fourth-order valence-electron chi connectivity index (χ4n) is 4.85. The first kappa shape index (κ1) is 30.3. The van der Waals surface area contributed by atoms with E-state index in [4.69, 9.17) is 21.3 Å². The van der Waals surface area contributed by atoms with Gasteiger partial charge >= 0.3 is 11.9 Å². The summed E-state index contributed by atoms with van der Waals surface area (Å²) in [6.45, 7) is 0. The van der Waals surface area contributed by atoms with Crippen molar-refractivity contribution in [3.63, 3.8) is 0 Å². The first-order valence-electron chi connectivity index (χ1n) is 13.9. The number of hydrogen-bond donors (Lipinski definition) is 3. The zero-order valence-corrected chi connectivity index (χ0v) is 23.2. The first-order valence-corrected chi connectivity index (χ1v) is 13.9. The maximum absolute atomic E-state index is 13.1. The van der Waals surface area contributed by atoms with Gasteiger partial charge in [0.2, 0.25) is 0 Å². The fourth-order valence-corrected chi connectivity index (χ4v) is 4.85. The van der Waals surface area contributed by atoms with Gasteiger partial charge in [0.1, 0.15) is 17.8 Å². The van der Waals surface area contributed by atoms with Crippen molar-refractivity contribution in [1.29, 1.82) is 0 Å². The number of unbranched alkanes of at least 4 members (excludes halogenated alkanes) is 1. The highest BCUT2D eigenvalue weighted by molar-refractivity contribution is 5.98. The average Bonchev–Trinajstić information content (AvgIpc) is 2.99. The molecular weight excluding hydrogens is 532 g/mol. The number of carbonyl (C=O) groups is 4. The number of esters is 1. The predicted octanol–water partition coefficient (Wildman–Crippen LogP) is 4.90. The SMILES string of the molecule is NC(Cc1ccccc1C(=O)CCCCC(=O)c1ccccc1CC(N)C(=O)Oc1ccc2ccccc2c1)C(=O)O. The van der Waals surface area contributed by atoms with Gasteiger partial charge in [0, 0.05) is 24.0 Å². The molecule has 0 amide bonds. The van der Waals surface area contributed by atoms with Crippen LogP contribution in [0.5, 0.6) is 5.75 Å². The van der Waals surface area contributed by atoms with Crippen LogP contribution in [0.1, 0.15) is 57.5 Å². The second-order valence-electron chi connectivity index (χ2n) is 10.3. The summed E-state index contributed by atoms with van der Waals surface area (Å²) in [6, 6.07) is 25.0. The molecule has 2 atom stereocenters. The lowest BCUT2D eigenvalue weighted by Gasteiger charge is -2.14. The Bertz CT molecular complexity index is 1600. The summed E-state index contributed by atoms with van der Waals surface area (Å²) in [6.07, 6.45) is 1.63. The normalized spacial score (nSPS) is 12.4. The molecule has 0 aliphatic carbocycles. The van der Waals surface area contributed by atoms with E-state index in [0.717, 1.165) is 10.8 Å². The van der Waals surface area contributed by atoms with Gasteiger partial charge in [0.25, 0.3) is 0 Å². The first-order chi connectivity index (χ1) is 20.2. The molecule has 0 aliphatic heterocycles. The van der Waals surface area contributed by atoms with Gasteiger partial charge in [-0.25, -0.2) is 4.79 Å². The van der Waals surface area contributed by atoms with Crippen LogP contribution in [0.4, 0.5) is 0 Å². The Labute approximate surface area is 244 Å². The number of nitrogens with two attached hydrogens (primary N) is 2. The van der Waals surface area contributed by atoms with Crippen molar-refractivity contribution in [2.24, 2.45) is 11.5 Å². The van der Waals surface area contributed by atoms with Crippen molar-refractivity contribution in [2.45, 2.75) is 50.6 Å². The maximum Gasteiger partial charge on any atom is 0.328 e. The van der Waals surface area contributed by atoms with E-state index in [0.29, 0.717) is 40.8 Å². The van der Waals surface area contributed by atoms with Gasteiger partial charge in [0.15, 0.2) is 11.6 Å². The minimum absolute atomic E-state index is 0.0600. The van der Waals surface area contributed by atoms with Crippen molar-refractivity contribution in [3.8, 4) is 5.75 Å². The van der Waals surface area contributed by atoms with Gasteiger partial charge in [-0.15, -0.1) is 0 Å². The van der Waals surface area contributed by atoms with Crippen molar-refractivity contribution in [1.82, 2.24) is 0 Å². The van der Waals surface area contributed by atoms with Gasteiger partial charge in [-0.1, -0.05) is 78.9 Å². The number of carboxylic acid groups (broad SMARTS) is 1. The number of carboxylic acids is 1. The summed E-state index contributed by atoms with van der Waals surface area (Å²) < 4.78 is 5.52. The molecule has 216 valence electrons. The highest BCUT2D eigenvalue weighted by Crippen LogP contribution is 2.22. The fraction of sp³-hybridized carbons (Fsp3) is 0.235. The number of benzene rings is 4. The Hall–Kier alpha value is -4.66. The van der Waals surface area contributed by atoms with Gasteiger partial charge in [-0.05, 0) is 59.7 Å². The summed E-state index contributed by atoms with van der Waals surface area (Å²) in [5.74, 6) is -1.53. The Morgan fingerprint density at radius 1 is 0.643 bits per heavy atom. The molecule has 0 heterocycles. The number of hydrogen-bond acceptors (Lipinski definition) is 7. The molecule has 0 bridgehead atoms. The Morgan fingerprint density at radius 3 is 1.71 bits per heavy atom. The third-order valence-electron chi connectivity index (χ3n) is 7.13. The lowest BCUT2D eigenvalue weighted by Crippen LogP contribution is -2.36. The number of aliphatic carboxylic acids is 1. The summed E-state index contributed by atoms with van der Waals surface area (Å²) in [7, 11) is 0. The number of carbonyl (C=O) groups excluding carboxylic acids is 3. The largest absolute Gasteiger partial charge is 0.480 e. The van der Waals surface area contributed by atoms with Crippen LogP contribution in [0.3, 0.4) is 0 Å². The summed E-state index contributed by atoms with van der Waals surface area (Å²) in [5, 5.41) is 11.1. The van der Waals surface area contributed by atoms with E-state index >= 15 is 0 Å². The molecule has 2 unspecified atom stereocenters. The number of ether oxygens (including phenoxy) is 1. The van der Waals surface area contributed by atoms with Crippen LogP contribution in [0.15, 0.2) is 91.0 Å². The molecule has 42 heavy (non-hydrogen) atoms. The summed E-state index contributed by atoms with van der Waals surface area (Å²) in [5.41, 5.74) is 14.0. The molecule has 0 fully saturated rings. The second-order valence-corrected chi connectivity index (χ2v) is 10.3. The van der Waals surface area contributed by atoms with E-state index in [-0.39, 0.29) is 37.2 Å². The van der Waals surface area contributed by atoms with Crippen molar-refractivity contribution >= 4 is 34.3 Å². The minimum Gasteiger partial charge on any atom is -0.480 e. The van der Waals surface area contributed by atoms with Gasteiger partial charge in [-0.3, -0.25) is 14.4 Å². The zero-order chi connectivity index (χ0) is 30.1.